The van der Waals surface area contributed by atoms with E-state index in [9.17, 15) is 0 Å². The van der Waals surface area contributed by atoms with E-state index in [1.807, 2.05) is 4.90 Å². The van der Waals surface area contributed by atoms with Crippen LogP contribution in [-0.2, 0) is 0 Å². The van der Waals surface area contributed by atoms with Crippen molar-refractivity contribution < 1.29 is 0 Å². The van der Waals surface area contributed by atoms with E-state index < -0.39 is 0 Å². The highest BCUT2D eigenvalue weighted by Crippen LogP contribution is 2.30. The van der Waals surface area contributed by atoms with E-state index >= 15 is 0 Å². The molecule has 1 heterocycles. The number of rotatable bonds is 4. The second-order valence-electron chi connectivity index (χ2n) is 3.60. The van der Waals surface area contributed by atoms with E-state index in [-0.39, 0.29) is 11.2 Å². The number of aromatic nitrogens is 3. The van der Waals surface area contributed by atoms with Crippen molar-refractivity contribution in [1.82, 2.24) is 15.0 Å². The zero-order valence-corrected chi connectivity index (χ0v) is 9.35. The Morgan fingerprint density at radius 3 is 2.75 bits per heavy atom. The summed E-state index contributed by atoms with van der Waals surface area (Å²) in [6, 6.07) is 2.51. The summed E-state index contributed by atoms with van der Waals surface area (Å²) in [6.45, 7) is 0.598. The minimum absolute atomic E-state index is 0.0881. The Morgan fingerprint density at radius 2 is 2.19 bits per heavy atom. The number of nitriles is 1. The maximum atomic E-state index is 8.59. The molecule has 1 aliphatic rings. The molecule has 0 unspecified atom stereocenters. The molecule has 6 nitrogen and oxygen atoms in total. The molecule has 0 spiro atoms. The average molecular weight is 239 g/mol. The maximum Gasteiger partial charge on any atom is 0.231 e. The van der Waals surface area contributed by atoms with Gasteiger partial charge in [-0.1, -0.05) is 0 Å². The molecule has 0 bridgehead atoms. The first-order valence-electron chi connectivity index (χ1n) is 5.01. The summed E-state index contributed by atoms with van der Waals surface area (Å²) in [5.41, 5.74) is 5.51. The van der Waals surface area contributed by atoms with Crippen molar-refractivity contribution in [2.45, 2.75) is 25.3 Å². The number of anilines is 2. The van der Waals surface area contributed by atoms with Crippen LogP contribution in [0.2, 0.25) is 5.28 Å². The fourth-order valence-corrected chi connectivity index (χ4v) is 1.65. The van der Waals surface area contributed by atoms with Gasteiger partial charge in [0.2, 0.25) is 17.2 Å². The van der Waals surface area contributed by atoms with Crippen LogP contribution in [0.1, 0.15) is 19.3 Å². The third-order valence-electron chi connectivity index (χ3n) is 2.32. The van der Waals surface area contributed by atoms with Gasteiger partial charge in [-0.15, -0.1) is 0 Å². The number of hydrogen-bond donors (Lipinski definition) is 1. The van der Waals surface area contributed by atoms with Gasteiger partial charge >= 0.3 is 0 Å². The highest BCUT2D eigenvalue weighted by molar-refractivity contribution is 6.28. The van der Waals surface area contributed by atoms with E-state index in [1.165, 1.54) is 0 Å². The third kappa shape index (κ3) is 2.49. The molecule has 0 radical (unpaired) electrons. The maximum absolute atomic E-state index is 8.59. The molecule has 0 aromatic carbocycles. The van der Waals surface area contributed by atoms with E-state index in [4.69, 9.17) is 22.6 Å². The van der Waals surface area contributed by atoms with E-state index in [0.29, 0.717) is 25.0 Å². The van der Waals surface area contributed by atoms with Crippen molar-refractivity contribution in [1.29, 1.82) is 5.26 Å². The molecule has 2 rings (SSSR count). The standard InChI is InChI=1S/C9H11ClN6/c10-7-13-8(12)15-9(14-7)16(5-1-4-11)6-2-3-6/h6H,1-3,5H2,(H2,12,13,14,15). The van der Waals surface area contributed by atoms with Crippen molar-refractivity contribution >= 4 is 23.5 Å². The molecular weight excluding hydrogens is 228 g/mol. The van der Waals surface area contributed by atoms with Crippen molar-refractivity contribution in [3.8, 4) is 6.07 Å². The second kappa shape index (κ2) is 4.49. The summed E-state index contributed by atoms with van der Waals surface area (Å²) in [4.78, 5) is 13.7. The molecule has 1 aromatic rings. The van der Waals surface area contributed by atoms with Crippen molar-refractivity contribution in [2.75, 3.05) is 17.2 Å². The second-order valence-corrected chi connectivity index (χ2v) is 3.93. The third-order valence-corrected chi connectivity index (χ3v) is 2.49. The zero-order chi connectivity index (χ0) is 11.5. The molecule has 84 valence electrons. The summed E-state index contributed by atoms with van der Waals surface area (Å²) < 4.78 is 0. The molecule has 1 saturated carbocycles. The molecule has 16 heavy (non-hydrogen) atoms. The Balaban J connectivity index is 2.20. The van der Waals surface area contributed by atoms with Gasteiger partial charge < -0.3 is 10.6 Å². The lowest BCUT2D eigenvalue weighted by molar-refractivity contribution is 0.756. The lowest BCUT2D eigenvalue weighted by Crippen LogP contribution is -2.29. The van der Waals surface area contributed by atoms with E-state index in [2.05, 4.69) is 21.0 Å². The predicted octanol–water partition coefficient (Wildman–Crippen LogP) is 0.990. The van der Waals surface area contributed by atoms with Crippen LogP contribution in [0.5, 0.6) is 0 Å². The first kappa shape index (κ1) is 10.9. The van der Waals surface area contributed by atoms with Gasteiger partial charge in [0.1, 0.15) is 0 Å². The lowest BCUT2D eigenvalue weighted by Gasteiger charge is -2.20. The van der Waals surface area contributed by atoms with Gasteiger partial charge in [0.25, 0.3) is 0 Å². The van der Waals surface area contributed by atoms with Crippen LogP contribution in [-0.4, -0.2) is 27.5 Å². The highest BCUT2D eigenvalue weighted by Gasteiger charge is 2.30. The summed E-state index contributed by atoms with van der Waals surface area (Å²) in [5.74, 6) is 0.577. The van der Waals surface area contributed by atoms with E-state index in [0.717, 1.165) is 12.8 Å². The van der Waals surface area contributed by atoms with Crippen LogP contribution in [0.15, 0.2) is 0 Å². The van der Waals surface area contributed by atoms with Gasteiger partial charge in [0.15, 0.2) is 0 Å². The Bertz CT molecular complexity index is 404. The fourth-order valence-electron chi connectivity index (χ4n) is 1.49. The predicted molar refractivity (Wildman–Crippen MR) is 59.8 cm³/mol. The molecule has 0 aliphatic heterocycles. The minimum Gasteiger partial charge on any atom is -0.368 e. The minimum atomic E-state index is 0.0881. The quantitative estimate of drug-likeness (QED) is 0.841. The van der Waals surface area contributed by atoms with Crippen molar-refractivity contribution in [2.24, 2.45) is 0 Å². The van der Waals surface area contributed by atoms with Crippen molar-refractivity contribution in [3.05, 3.63) is 5.28 Å². The number of halogens is 1. The average Bonchev–Trinajstić information content (AvgIpc) is 3.01. The first-order valence-corrected chi connectivity index (χ1v) is 5.39. The number of nitrogens with two attached hydrogens (primary N) is 1. The van der Waals surface area contributed by atoms with Gasteiger partial charge in [-0.25, -0.2) is 0 Å². The Hall–Kier alpha value is -1.61. The van der Waals surface area contributed by atoms with Gasteiger partial charge in [-0.05, 0) is 24.4 Å². The molecule has 0 saturated heterocycles. The summed E-state index contributed by atoms with van der Waals surface area (Å²) in [7, 11) is 0. The SMILES string of the molecule is N#CCCN(c1nc(N)nc(Cl)n1)C1CC1. The van der Waals surface area contributed by atoms with Gasteiger partial charge in [0.05, 0.1) is 12.5 Å². The van der Waals surface area contributed by atoms with Crippen molar-refractivity contribution in [3.63, 3.8) is 0 Å². The van der Waals surface area contributed by atoms with Gasteiger partial charge in [-0.3, -0.25) is 0 Å². The Kier molecular flexibility index (Phi) is 3.06. The van der Waals surface area contributed by atoms with E-state index in [1.54, 1.807) is 0 Å². The van der Waals surface area contributed by atoms with Crippen LogP contribution >= 0.6 is 11.6 Å². The van der Waals surface area contributed by atoms with Crippen LogP contribution in [0.3, 0.4) is 0 Å². The van der Waals surface area contributed by atoms with Crippen LogP contribution in [0.4, 0.5) is 11.9 Å². The Labute approximate surface area is 98.1 Å². The molecule has 2 N–H and O–H groups in total. The summed E-state index contributed by atoms with van der Waals surface area (Å²) in [6.07, 6.45) is 2.61. The normalized spacial score (nSPS) is 14.5. The zero-order valence-electron chi connectivity index (χ0n) is 8.60. The summed E-state index contributed by atoms with van der Waals surface area (Å²) >= 11 is 5.72. The highest BCUT2D eigenvalue weighted by atomic mass is 35.5. The number of hydrogen-bond acceptors (Lipinski definition) is 6. The monoisotopic (exact) mass is 238 g/mol. The first-order chi connectivity index (χ1) is 7.70. The van der Waals surface area contributed by atoms with Crippen LogP contribution < -0.4 is 10.6 Å². The molecular formula is C9H11ClN6. The van der Waals surface area contributed by atoms with Crippen LogP contribution in [0, 0.1) is 11.3 Å². The largest absolute Gasteiger partial charge is 0.368 e. The molecule has 7 heteroatoms. The molecule has 1 aromatic heterocycles. The number of nitrogens with zero attached hydrogens (tertiary/aromatic N) is 5. The topological polar surface area (TPSA) is 91.7 Å². The molecule has 1 fully saturated rings. The summed E-state index contributed by atoms with van der Waals surface area (Å²) in [5, 5.41) is 8.68. The smallest absolute Gasteiger partial charge is 0.231 e. The lowest BCUT2D eigenvalue weighted by atomic mass is 10.4. The van der Waals surface area contributed by atoms with Crippen LogP contribution in [0.25, 0.3) is 0 Å². The molecule has 0 amide bonds. The number of nitrogen functional groups attached to an aromatic ring is 1. The fraction of sp³-hybridized carbons (Fsp3) is 0.556. The molecule has 1 aliphatic carbocycles. The molecule has 0 atom stereocenters. The Morgan fingerprint density at radius 1 is 1.44 bits per heavy atom. The van der Waals surface area contributed by atoms with Gasteiger partial charge in [-0.2, -0.15) is 20.2 Å². The van der Waals surface area contributed by atoms with Gasteiger partial charge in [0, 0.05) is 12.6 Å².